The summed E-state index contributed by atoms with van der Waals surface area (Å²) in [5.41, 5.74) is 5.52. The lowest BCUT2D eigenvalue weighted by Gasteiger charge is -2.07. The molecule has 1 aliphatic carbocycles. The number of nitrogens with one attached hydrogen (secondary N) is 1. The largest absolute Gasteiger partial charge is 0.399 e. The van der Waals surface area contributed by atoms with Crippen LogP contribution in [0.3, 0.4) is 0 Å². The van der Waals surface area contributed by atoms with E-state index in [1.165, 1.54) is 6.07 Å². The first-order valence-electron chi connectivity index (χ1n) is 5.44. The van der Waals surface area contributed by atoms with Gasteiger partial charge in [0.15, 0.2) is 0 Å². The molecule has 0 aliphatic heterocycles. The lowest BCUT2D eigenvalue weighted by Crippen LogP contribution is -2.26. The van der Waals surface area contributed by atoms with E-state index in [0.717, 1.165) is 18.6 Å². The Morgan fingerprint density at radius 2 is 2.12 bits per heavy atom. The van der Waals surface area contributed by atoms with Crippen LogP contribution in [0.2, 0.25) is 0 Å². The first kappa shape index (κ1) is 12.3. The van der Waals surface area contributed by atoms with Crippen molar-refractivity contribution in [2.24, 2.45) is 11.8 Å². The van der Waals surface area contributed by atoms with Gasteiger partial charge >= 0.3 is 0 Å². The highest BCUT2D eigenvalue weighted by Gasteiger charge is 2.33. The molecule has 0 saturated heterocycles. The maximum Gasteiger partial charge on any atom is 0.240 e. The summed E-state index contributed by atoms with van der Waals surface area (Å²) in [6.45, 7) is 2.47. The lowest BCUT2D eigenvalue weighted by atomic mass is 10.3. The van der Waals surface area contributed by atoms with E-state index in [4.69, 9.17) is 5.73 Å². The second-order valence-electron chi connectivity index (χ2n) is 4.55. The molecule has 0 bridgehead atoms. The van der Waals surface area contributed by atoms with Crippen molar-refractivity contribution >= 4 is 15.7 Å². The summed E-state index contributed by atoms with van der Waals surface area (Å²) in [4.78, 5) is -0.122. The minimum atomic E-state index is -3.65. The fourth-order valence-corrected chi connectivity index (χ4v) is 2.88. The first-order valence-corrected chi connectivity index (χ1v) is 6.92. The van der Waals surface area contributed by atoms with Gasteiger partial charge in [-0.15, -0.1) is 0 Å². The molecule has 1 aromatic rings. The average Bonchev–Trinajstić information content (AvgIpc) is 2.90. The van der Waals surface area contributed by atoms with E-state index in [1.54, 1.807) is 0 Å². The summed E-state index contributed by atoms with van der Waals surface area (Å²) >= 11 is 0. The molecule has 0 spiro atoms. The normalized spacial score (nSPS) is 23.6. The van der Waals surface area contributed by atoms with Gasteiger partial charge < -0.3 is 5.73 Å². The van der Waals surface area contributed by atoms with Crippen molar-refractivity contribution in [2.45, 2.75) is 18.2 Å². The van der Waals surface area contributed by atoms with Crippen LogP contribution in [0.25, 0.3) is 0 Å². The van der Waals surface area contributed by atoms with Crippen molar-refractivity contribution in [3.8, 4) is 0 Å². The van der Waals surface area contributed by atoms with E-state index in [-0.39, 0.29) is 10.6 Å². The Kier molecular flexibility index (Phi) is 3.09. The highest BCUT2D eigenvalue weighted by molar-refractivity contribution is 7.89. The van der Waals surface area contributed by atoms with Gasteiger partial charge in [-0.05, 0) is 36.5 Å². The smallest absolute Gasteiger partial charge is 0.240 e. The Hall–Kier alpha value is -1.14. The quantitative estimate of drug-likeness (QED) is 0.801. The summed E-state index contributed by atoms with van der Waals surface area (Å²) in [7, 11) is -3.65. The van der Waals surface area contributed by atoms with Crippen LogP contribution in [0.5, 0.6) is 0 Å². The van der Waals surface area contributed by atoms with Crippen molar-refractivity contribution < 1.29 is 12.8 Å². The van der Waals surface area contributed by atoms with Gasteiger partial charge in [0.2, 0.25) is 10.0 Å². The third kappa shape index (κ3) is 2.95. The SMILES string of the molecule is CC1CC1CNS(=O)(=O)c1cc(N)cc(F)c1. The number of sulfonamides is 1. The van der Waals surface area contributed by atoms with E-state index >= 15 is 0 Å². The van der Waals surface area contributed by atoms with E-state index in [9.17, 15) is 12.8 Å². The predicted octanol–water partition coefficient (Wildman–Crippen LogP) is 1.34. The summed E-state index contributed by atoms with van der Waals surface area (Å²) in [6, 6.07) is 3.30. The van der Waals surface area contributed by atoms with Crippen LogP contribution in [0.1, 0.15) is 13.3 Å². The predicted molar refractivity (Wildman–Crippen MR) is 63.3 cm³/mol. The molecule has 2 unspecified atom stereocenters. The molecule has 1 aromatic carbocycles. The van der Waals surface area contributed by atoms with Crippen molar-refractivity contribution in [1.29, 1.82) is 0 Å². The van der Waals surface area contributed by atoms with Crippen molar-refractivity contribution in [1.82, 2.24) is 4.72 Å². The standard InChI is InChI=1S/C11H15FN2O2S/c1-7-2-8(7)6-14-17(15,16)11-4-9(12)3-10(13)5-11/h3-5,7-8,14H,2,6,13H2,1H3. The molecule has 1 aliphatic rings. The fraction of sp³-hybridized carbons (Fsp3) is 0.455. The van der Waals surface area contributed by atoms with Crippen LogP contribution in [0.4, 0.5) is 10.1 Å². The molecule has 2 atom stereocenters. The number of anilines is 1. The van der Waals surface area contributed by atoms with Gasteiger partial charge in [-0.3, -0.25) is 0 Å². The van der Waals surface area contributed by atoms with Crippen LogP contribution in [-0.2, 0) is 10.0 Å². The Morgan fingerprint density at radius 1 is 1.47 bits per heavy atom. The molecular formula is C11H15FN2O2S. The van der Waals surface area contributed by atoms with E-state index in [1.807, 2.05) is 0 Å². The van der Waals surface area contributed by atoms with Gasteiger partial charge in [0.1, 0.15) is 5.82 Å². The number of hydrogen-bond donors (Lipinski definition) is 2. The van der Waals surface area contributed by atoms with Gasteiger partial charge in [0, 0.05) is 12.2 Å². The number of nitrogens with two attached hydrogens (primary N) is 1. The fourth-order valence-electron chi connectivity index (χ4n) is 1.72. The van der Waals surface area contributed by atoms with E-state index < -0.39 is 15.8 Å². The van der Waals surface area contributed by atoms with Crippen LogP contribution in [0, 0.1) is 17.7 Å². The molecule has 0 radical (unpaired) electrons. The molecule has 4 nitrogen and oxygen atoms in total. The number of rotatable bonds is 4. The Bertz CT molecular complexity index is 510. The molecule has 2 rings (SSSR count). The monoisotopic (exact) mass is 258 g/mol. The zero-order valence-electron chi connectivity index (χ0n) is 9.48. The topological polar surface area (TPSA) is 72.2 Å². The summed E-state index contributed by atoms with van der Waals surface area (Å²) in [5, 5.41) is 0. The molecule has 1 saturated carbocycles. The number of halogens is 1. The molecule has 0 heterocycles. The van der Waals surface area contributed by atoms with Crippen LogP contribution in [0.15, 0.2) is 23.1 Å². The van der Waals surface area contributed by atoms with Gasteiger partial charge in [-0.25, -0.2) is 17.5 Å². The van der Waals surface area contributed by atoms with Gasteiger partial charge in [-0.2, -0.15) is 0 Å². The molecule has 0 aromatic heterocycles. The highest BCUT2D eigenvalue weighted by atomic mass is 32.2. The van der Waals surface area contributed by atoms with Crippen molar-refractivity contribution in [3.05, 3.63) is 24.0 Å². The maximum absolute atomic E-state index is 13.1. The minimum absolute atomic E-state index is 0.102. The van der Waals surface area contributed by atoms with Crippen molar-refractivity contribution in [2.75, 3.05) is 12.3 Å². The maximum atomic E-state index is 13.1. The molecule has 3 N–H and O–H groups in total. The highest BCUT2D eigenvalue weighted by Crippen LogP contribution is 2.37. The van der Waals surface area contributed by atoms with E-state index in [0.29, 0.717) is 18.4 Å². The summed E-state index contributed by atoms with van der Waals surface area (Å²) in [6.07, 6.45) is 1.04. The van der Waals surface area contributed by atoms with Crippen molar-refractivity contribution in [3.63, 3.8) is 0 Å². The summed E-state index contributed by atoms with van der Waals surface area (Å²) < 4.78 is 39.2. The van der Waals surface area contributed by atoms with Crippen LogP contribution in [-0.4, -0.2) is 15.0 Å². The second-order valence-corrected chi connectivity index (χ2v) is 6.31. The number of hydrogen-bond acceptors (Lipinski definition) is 3. The van der Waals surface area contributed by atoms with Crippen LogP contribution >= 0.6 is 0 Å². The average molecular weight is 258 g/mol. The molecule has 6 heteroatoms. The zero-order chi connectivity index (χ0) is 12.6. The minimum Gasteiger partial charge on any atom is -0.399 e. The molecule has 1 fully saturated rings. The third-order valence-electron chi connectivity index (χ3n) is 3.02. The molecule has 0 amide bonds. The third-order valence-corrected chi connectivity index (χ3v) is 4.42. The van der Waals surface area contributed by atoms with Gasteiger partial charge in [0.05, 0.1) is 4.90 Å². The van der Waals surface area contributed by atoms with Gasteiger partial charge in [0.25, 0.3) is 0 Å². The first-order chi connectivity index (χ1) is 7.88. The lowest BCUT2D eigenvalue weighted by molar-refractivity contribution is 0.571. The van der Waals surface area contributed by atoms with Gasteiger partial charge in [-0.1, -0.05) is 6.92 Å². The second kappa shape index (κ2) is 4.27. The zero-order valence-corrected chi connectivity index (χ0v) is 10.3. The molecule has 17 heavy (non-hydrogen) atoms. The summed E-state index contributed by atoms with van der Waals surface area (Å²) in [5.74, 6) is 0.316. The number of benzene rings is 1. The van der Waals surface area contributed by atoms with Crippen LogP contribution < -0.4 is 10.5 Å². The molecular weight excluding hydrogens is 243 g/mol. The Labute approximate surface area is 100 Å². The Morgan fingerprint density at radius 3 is 2.65 bits per heavy atom. The Balaban J connectivity index is 2.13. The van der Waals surface area contributed by atoms with E-state index in [2.05, 4.69) is 11.6 Å². The molecule has 94 valence electrons. The number of nitrogen functional groups attached to an aromatic ring is 1.